The van der Waals surface area contributed by atoms with E-state index < -0.39 is 0 Å². The molecule has 0 saturated heterocycles. The van der Waals surface area contributed by atoms with E-state index in [-0.39, 0.29) is 5.41 Å². The van der Waals surface area contributed by atoms with Gasteiger partial charge in [-0.05, 0) is 62.8 Å². The van der Waals surface area contributed by atoms with Crippen LogP contribution < -0.4 is 4.74 Å². The third-order valence-electron chi connectivity index (χ3n) is 4.07. The molecule has 0 aliphatic heterocycles. The van der Waals surface area contributed by atoms with Crippen LogP contribution in [0.1, 0.15) is 50.7 Å². The molecule has 0 N–H and O–H groups in total. The average molecular weight is 294 g/mol. The first-order valence-corrected chi connectivity index (χ1v) is 7.66. The van der Waals surface area contributed by atoms with Crippen LogP contribution in [0.15, 0.2) is 12.1 Å². The van der Waals surface area contributed by atoms with Gasteiger partial charge in [-0.1, -0.05) is 25.4 Å². The molecule has 0 saturated carbocycles. The van der Waals surface area contributed by atoms with Crippen LogP contribution in [0.5, 0.6) is 5.75 Å². The summed E-state index contributed by atoms with van der Waals surface area (Å²) in [6, 6.07) is 6.40. The van der Waals surface area contributed by atoms with E-state index in [0.717, 1.165) is 47.6 Å². The first kappa shape index (κ1) is 16.9. The molecule has 0 heterocycles. The molecule has 0 spiro atoms. The first-order valence-electron chi connectivity index (χ1n) is 7.28. The summed E-state index contributed by atoms with van der Waals surface area (Å²) in [5, 5.41) is 10.1. The predicted molar refractivity (Wildman–Crippen MR) is 84.3 cm³/mol. The summed E-state index contributed by atoms with van der Waals surface area (Å²) < 4.78 is 5.78. The molecule has 0 unspecified atom stereocenters. The van der Waals surface area contributed by atoms with E-state index >= 15 is 0 Å². The van der Waals surface area contributed by atoms with Gasteiger partial charge in [0.1, 0.15) is 5.75 Å². The predicted octanol–water partition coefficient (Wildman–Crippen LogP) is 5.45. The van der Waals surface area contributed by atoms with Gasteiger partial charge in [0.05, 0.1) is 18.1 Å². The number of ether oxygens (including phenoxy) is 1. The lowest BCUT2D eigenvalue weighted by atomic mass is 9.80. The van der Waals surface area contributed by atoms with Crippen LogP contribution in [-0.4, -0.2) is 6.61 Å². The molecule has 3 heteroatoms. The molecule has 0 bridgehead atoms. The molecule has 0 atom stereocenters. The third-order valence-corrected chi connectivity index (χ3v) is 4.67. The summed E-state index contributed by atoms with van der Waals surface area (Å²) in [5.41, 5.74) is 1.89. The standard InChI is InChI=1S/C17H24ClNO/c1-5-17(6-2,12-19)8-7-9-20-15-10-13(3)16(18)14(4)11-15/h10-11H,5-9H2,1-4H3. The number of nitriles is 1. The number of halogens is 1. The minimum Gasteiger partial charge on any atom is -0.494 e. The van der Waals surface area contributed by atoms with Crippen LogP contribution in [0.4, 0.5) is 0 Å². The normalized spacial score (nSPS) is 11.2. The summed E-state index contributed by atoms with van der Waals surface area (Å²) in [5.74, 6) is 0.861. The molecule has 1 aromatic carbocycles. The maximum Gasteiger partial charge on any atom is 0.119 e. The van der Waals surface area contributed by atoms with Crippen molar-refractivity contribution in [3.05, 3.63) is 28.3 Å². The first-order chi connectivity index (χ1) is 9.48. The Kier molecular flexibility index (Phi) is 6.36. The van der Waals surface area contributed by atoms with Crippen molar-refractivity contribution in [2.24, 2.45) is 5.41 Å². The van der Waals surface area contributed by atoms with Crippen LogP contribution in [-0.2, 0) is 0 Å². The molecular weight excluding hydrogens is 270 g/mol. The lowest BCUT2D eigenvalue weighted by Crippen LogP contribution is -2.17. The third kappa shape index (κ3) is 4.15. The maximum absolute atomic E-state index is 9.29. The van der Waals surface area contributed by atoms with Gasteiger partial charge in [-0.2, -0.15) is 5.26 Å². The van der Waals surface area contributed by atoms with E-state index in [9.17, 15) is 5.26 Å². The molecule has 0 radical (unpaired) electrons. The quantitative estimate of drug-likeness (QED) is 0.627. The maximum atomic E-state index is 9.29. The number of aryl methyl sites for hydroxylation is 2. The van der Waals surface area contributed by atoms with Crippen molar-refractivity contribution in [2.45, 2.75) is 53.4 Å². The average Bonchev–Trinajstić information content (AvgIpc) is 2.45. The highest BCUT2D eigenvalue weighted by Gasteiger charge is 2.24. The van der Waals surface area contributed by atoms with Crippen LogP contribution in [0.2, 0.25) is 5.02 Å². The van der Waals surface area contributed by atoms with Crippen LogP contribution in [0, 0.1) is 30.6 Å². The summed E-state index contributed by atoms with van der Waals surface area (Å²) in [6.07, 6.45) is 3.59. The Morgan fingerprint density at radius 3 is 2.20 bits per heavy atom. The van der Waals surface area contributed by atoms with Crippen LogP contribution in [0.25, 0.3) is 0 Å². The van der Waals surface area contributed by atoms with Crippen molar-refractivity contribution in [3.63, 3.8) is 0 Å². The second kappa shape index (κ2) is 7.55. The highest BCUT2D eigenvalue weighted by Crippen LogP contribution is 2.31. The van der Waals surface area contributed by atoms with Gasteiger partial charge in [0, 0.05) is 5.02 Å². The molecule has 1 rings (SSSR count). The van der Waals surface area contributed by atoms with Gasteiger partial charge in [-0.15, -0.1) is 0 Å². The molecule has 0 aliphatic carbocycles. The fraction of sp³-hybridized carbons (Fsp3) is 0.588. The van der Waals surface area contributed by atoms with Crippen molar-refractivity contribution >= 4 is 11.6 Å². The van der Waals surface area contributed by atoms with E-state index in [1.54, 1.807) is 0 Å². The lowest BCUT2D eigenvalue weighted by Gasteiger charge is -2.23. The number of hydrogen-bond acceptors (Lipinski definition) is 2. The monoisotopic (exact) mass is 293 g/mol. The smallest absolute Gasteiger partial charge is 0.119 e. The molecule has 0 aliphatic rings. The Hall–Kier alpha value is -1.20. The van der Waals surface area contributed by atoms with E-state index in [2.05, 4.69) is 19.9 Å². The zero-order valence-electron chi connectivity index (χ0n) is 12.9. The zero-order chi connectivity index (χ0) is 15.2. The fourth-order valence-electron chi connectivity index (χ4n) is 2.41. The van der Waals surface area contributed by atoms with Gasteiger partial charge in [0.2, 0.25) is 0 Å². The Bertz CT molecular complexity index is 463. The minimum atomic E-state index is -0.185. The van der Waals surface area contributed by atoms with Crippen molar-refractivity contribution in [3.8, 4) is 11.8 Å². The highest BCUT2D eigenvalue weighted by molar-refractivity contribution is 6.32. The molecular formula is C17H24ClNO. The minimum absolute atomic E-state index is 0.185. The Labute approximate surface area is 127 Å². The van der Waals surface area contributed by atoms with Gasteiger partial charge >= 0.3 is 0 Å². The molecule has 1 aromatic rings. The Morgan fingerprint density at radius 2 is 1.75 bits per heavy atom. The van der Waals surface area contributed by atoms with Crippen LogP contribution >= 0.6 is 11.6 Å². The number of rotatable bonds is 7. The van der Waals surface area contributed by atoms with E-state index in [1.807, 2.05) is 26.0 Å². The molecule has 20 heavy (non-hydrogen) atoms. The van der Waals surface area contributed by atoms with Gasteiger partial charge in [0.15, 0.2) is 0 Å². The summed E-state index contributed by atoms with van der Waals surface area (Å²) in [6.45, 7) is 8.77. The van der Waals surface area contributed by atoms with Crippen molar-refractivity contribution < 1.29 is 4.74 Å². The molecule has 0 amide bonds. The summed E-state index contributed by atoms with van der Waals surface area (Å²) in [4.78, 5) is 0. The molecule has 110 valence electrons. The van der Waals surface area contributed by atoms with Crippen molar-refractivity contribution in [2.75, 3.05) is 6.61 Å². The SMILES string of the molecule is CCC(C#N)(CC)CCCOc1cc(C)c(Cl)c(C)c1. The van der Waals surface area contributed by atoms with Crippen molar-refractivity contribution in [1.29, 1.82) is 5.26 Å². The van der Waals surface area contributed by atoms with Gasteiger partial charge in [-0.25, -0.2) is 0 Å². The summed E-state index contributed by atoms with van der Waals surface area (Å²) in [7, 11) is 0. The Balaban J connectivity index is 2.52. The second-order valence-corrected chi connectivity index (χ2v) is 5.80. The summed E-state index contributed by atoms with van der Waals surface area (Å²) >= 11 is 6.14. The van der Waals surface area contributed by atoms with Crippen molar-refractivity contribution in [1.82, 2.24) is 0 Å². The largest absolute Gasteiger partial charge is 0.494 e. The van der Waals surface area contributed by atoms with Gasteiger partial charge in [-0.3, -0.25) is 0 Å². The number of benzene rings is 1. The fourth-order valence-corrected chi connectivity index (χ4v) is 2.52. The van der Waals surface area contributed by atoms with E-state index in [1.165, 1.54) is 0 Å². The highest BCUT2D eigenvalue weighted by atomic mass is 35.5. The lowest BCUT2D eigenvalue weighted by molar-refractivity contribution is 0.258. The molecule has 2 nitrogen and oxygen atoms in total. The Morgan fingerprint density at radius 1 is 1.20 bits per heavy atom. The second-order valence-electron chi connectivity index (χ2n) is 5.42. The number of nitrogens with zero attached hydrogens (tertiary/aromatic N) is 1. The van der Waals surface area contributed by atoms with E-state index in [4.69, 9.17) is 16.3 Å². The topological polar surface area (TPSA) is 33.0 Å². The van der Waals surface area contributed by atoms with Gasteiger partial charge < -0.3 is 4.74 Å². The molecule has 0 aromatic heterocycles. The zero-order valence-corrected chi connectivity index (χ0v) is 13.7. The molecule has 0 fully saturated rings. The number of hydrogen-bond donors (Lipinski definition) is 0. The van der Waals surface area contributed by atoms with E-state index in [0.29, 0.717) is 6.61 Å². The van der Waals surface area contributed by atoms with Crippen LogP contribution in [0.3, 0.4) is 0 Å². The van der Waals surface area contributed by atoms with Gasteiger partial charge in [0.25, 0.3) is 0 Å².